The highest BCUT2D eigenvalue weighted by Crippen LogP contribution is 2.12. The van der Waals surface area contributed by atoms with E-state index in [1.54, 1.807) is 6.92 Å². The van der Waals surface area contributed by atoms with Crippen LogP contribution in [-0.4, -0.2) is 22.6 Å². The molecule has 0 aliphatic rings. The van der Waals surface area contributed by atoms with Gasteiger partial charge in [-0.3, -0.25) is 4.79 Å². The van der Waals surface area contributed by atoms with Crippen molar-refractivity contribution in [2.45, 2.75) is 71.1 Å². The van der Waals surface area contributed by atoms with Crippen LogP contribution in [0, 0.1) is 0 Å². The molecule has 0 aromatic heterocycles. The number of carbonyl (C=O) groups is 1. The maximum Gasteiger partial charge on any atom is 0.185 e. The lowest BCUT2D eigenvalue weighted by Crippen LogP contribution is -1.87. The van der Waals surface area contributed by atoms with Crippen LogP contribution < -0.4 is 0 Å². The Kier molecular flexibility index (Phi) is 14.0. The van der Waals surface area contributed by atoms with E-state index >= 15 is 0 Å². The molecule has 0 aromatic rings. The summed E-state index contributed by atoms with van der Waals surface area (Å²) >= 11 is 1.45. The van der Waals surface area contributed by atoms with Gasteiger partial charge in [0.15, 0.2) is 5.12 Å². The first kappa shape index (κ1) is 17.0. The van der Waals surface area contributed by atoms with Crippen molar-refractivity contribution in [2.24, 2.45) is 0 Å². The zero-order valence-electron chi connectivity index (χ0n) is 11.2. The van der Waals surface area contributed by atoms with Gasteiger partial charge in [0.05, 0.1) is 0 Å². The van der Waals surface area contributed by atoms with Crippen molar-refractivity contribution in [3.63, 3.8) is 0 Å². The summed E-state index contributed by atoms with van der Waals surface area (Å²) in [4.78, 5) is 10.7. The summed E-state index contributed by atoms with van der Waals surface area (Å²) in [5.41, 5.74) is 0. The van der Waals surface area contributed by atoms with Crippen LogP contribution in [0.15, 0.2) is 0 Å². The SMILES string of the molecule is CC(=O)SCCCCCCCCCCCCO. The third-order valence-electron chi connectivity index (χ3n) is 2.86. The Morgan fingerprint density at radius 3 is 1.65 bits per heavy atom. The van der Waals surface area contributed by atoms with Crippen LogP contribution in [0.1, 0.15) is 71.1 Å². The standard InChI is InChI=1S/C14H28O2S/c1-14(16)17-13-11-9-7-5-3-2-4-6-8-10-12-15/h15H,2-13H2,1H3. The molecule has 0 aromatic carbocycles. The Morgan fingerprint density at radius 1 is 0.824 bits per heavy atom. The van der Waals surface area contributed by atoms with Gasteiger partial charge in [0.2, 0.25) is 0 Å². The molecule has 0 fully saturated rings. The van der Waals surface area contributed by atoms with E-state index in [-0.39, 0.29) is 5.12 Å². The van der Waals surface area contributed by atoms with Crippen molar-refractivity contribution in [3.05, 3.63) is 0 Å². The first-order valence-corrected chi connectivity index (χ1v) is 8.00. The Balaban J connectivity index is 2.91. The number of aliphatic hydroxyl groups is 1. The second kappa shape index (κ2) is 14.0. The number of hydrogen-bond acceptors (Lipinski definition) is 3. The Bertz CT molecular complexity index is 172. The molecule has 17 heavy (non-hydrogen) atoms. The van der Waals surface area contributed by atoms with Crippen molar-refractivity contribution in [3.8, 4) is 0 Å². The minimum absolute atomic E-state index is 0.243. The molecule has 0 saturated carbocycles. The normalized spacial score (nSPS) is 10.7. The molecule has 1 N–H and O–H groups in total. The van der Waals surface area contributed by atoms with Crippen LogP contribution in [0.2, 0.25) is 0 Å². The Labute approximate surface area is 111 Å². The summed E-state index contributed by atoms with van der Waals surface area (Å²) in [6, 6.07) is 0. The molecule has 0 radical (unpaired) electrons. The van der Waals surface area contributed by atoms with E-state index in [9.17, 15) is 4.79 Å². The lowest BCUT2D eigenvalue weighted by atomic mass is 10.1. The highest BCUT2D eigenvalue weighted by atomic mass is 32.2. The van der Waals surface area contributed by atoms with Crippen molar-refractivity contribution < 1.29 is 9.90 Å². The van der Waals surface area contributed by atoms with Gasteiger partial charge in [-0.2, -0.15) is 0 Å². The van der Waals surface area contributed by atoms with Gasteiger partial charge in [-0.1, -0.05) is 63.1 Å². The fourth-order valence-corrected chi connectivity index (χ4v) is 2.48. The molecule has 0 unspecified atom stereocenters. The predicted octanol–water partition coefficient (Wildman–Crippen LogP) is 4.16. The first-order chi connectivity index (χ1) is 8.27. The Hall–Kier alpha value is -0.0200. The predicted molar refractivity (Wildman–Crippen MR) is 76.4 cm³/mol. The Morgan fingerprint density at radius 2 is 1.24 bits per heavy atom. The average molecular weight is 260 g/mol. The second-order valence-electron chi connectivity index (χ2n) is 4.60. The van der Waals surface area contributed by atoms with Gasteiger partial charge in [0.1, 0.15) is 0 Å². The minimum Gasteiger partial charge on any atom is -0.396 e. The lowest BCUT2D eigenvalue weighted by molar-refractivity contribution is -0.109. The van der Waals surface area contributed by atoms with Gasteiger partial charge >= 0.3 is 0 Å². The van der Waals surface area contributed by atoms with Gasteiger partial charge in [0.25, 0.3) is 0 Å². The van der Waals surface area contributed by atoms with E-state index in [0.29, 0.717) is 6.61 Å². The highest BCUT2D eigenvalue weighted by molar-refractivity contribution is 8.13. The second-order valence-corrected chi connectivity index (χ2v) is 5.87. The number of carbonyl (C=O) groups excluding carboxylic acids is 1. The third kappa shape index (κ3) is 16.0. The summed E-state index contributed by atoms with van der Waals surface area (Å²) < 4.78 is 0. The maximum absolute atomic E-state index is 10.7. The van der Waals surface area contributed by atoms with Crippen molar-refractivity contribution in [1.82, 2.24) is 0 Å². The topological polar surface area (TPSA) is 37.3 Å². The fraction of sp³-hybridized carbons (Fsp3) is 0.929. The van der Waals surface area contributed by atoms with Gasteiger partial charge in [-0.15, -0.1) is 0 Å². The van der Waals surface area contributed by atoms with Crippen molar-refractivity contribution in [1.29, 1.82) is 0 Å². The summed E-state index contributed by atoms with van der Waals surface area (Å²) in [5, 5.41) is 8.86. The zero-order valence-corrected chi connectivity index (χ0v) is 12.1. The van der Waals surface area contributed by atoms with Gasteiger partial charge in [-0.25, -0.2) is 0 Å². The van der Waals surface area contributed by atoms with Gasteiger partial charge in [0, 0.05) is 19.3 Å². The van der Waals surface area contributed by atoms with E-state index in [0.717, 1.165) is 12.2 Å². The number of hydrogen-bond donors (Lipinski definition) is 1. The summed E-state index contributed by atoms with van der Waals surface area (Å²) in [7, 11) is 0. The van der Waals surface area contributed by atoms with Crippen LogP contribution in [0.3, 0.4) is 0 Å². The molecule has 0 rings (SSSR count). The molecule has 102 valence electrons. The van der Waals surface area contributed by atoms with E-state index in [1.807, 2.05) is 0 Å². The maximum atomic E-state index is 10.7. The van der Waals surface area contributed by atoms with E-state index in [4.69, 9.17) is 5.11 Å². The number of aliphatic hydroxyl groups excluding tert-OH is 1. The van der Waals surface area contributed by atoms with Crippen LogP contribution in [0.4, 0.5) is 0 Å². The van der Waals surface area contributed by atoms with Crippen LogP contribution in [0.25, 0.3) is 0 Å². The average Bonchev–Trinajstić information content (AvgIpc) is 2.30. The molecule has 0 bridgehead atoms. The smallest absolute Gasteiger partial charge is 0.185 e. The van der Waals surface area contributed by atoms with E-state index in [1.165, 1.54) is 69.5 Å². The summed E-state index contributed by atoms with van der Waals surface area (Å²) in [5.74, 6) is 0.997. The lowest BCUT2D eigenvalue weighted by Gasteiger charge is -2.02. The minimum atomic E-state index is 0.243. The van der Waals surface area contributed by atoms with Gasteiger partial charge < -0.3 is 5.11 Å². The largest absolute Gasteiger partial charge is 0.396 e. The zero-order chi connectivity index (χ0) is 12.8. The molecular weight excluding hydrogens is 232 g/mol. The monoisotopic (exact) mass is 260 g/mol. The molecule has 0 spiro atoms. The van der Waals surface area contributed by atoms with Crippen molar-refractivity contribution in [2.75, 3.05) is 12.4 Å². The number of unbranched alkanes of at least 4 members (excludes halogenated alkanes) is 9. The molecule has 0 aliphatic carbocycles. The quantitative estimate of drug-likeness (QED) is 0.535. The number of thioether (sulfide) groups is 1. The molecule has 0 amide bonds. The molecule has 2 nitrogen and oxygen atoms in total. The van der Waals surface area contributed by atoms with Crippen LogP contribution in [0.5, 0.6) is 0 Å². The molecule has 0 heterocycles. The third-order valence-corrected chi connectivity index (χ3v) is 3.76. The summed E-state index contributed by atoms with van der Waals surface area (Å²) in [6.07, 6.45) is 12.5. The van der Waals surface area contributed by atoms with Crippen molar-refractivity contribution >= 4 is 16.9 Å². The highest BCUT2D eigenvalue weighted by Gasteiger charge is 1.95. The van der Waals surface area contributed by atoms with E-state index in [2.05, 4.69) is 0 Å². The molecule has 0 saturated heterocycles. The summed E-state index contributed by atoms with van der Waals surface area (Å²) in [6.45, 7) is 1.99. The molecule has 0 aliphatic heterocycles. The first-order valence-electron chi connectivity index (χ1n) is 7.01. The fourth-order valence-electron chi connectivity index (χ4n) is 1.84. The van der Waals surface area contributed by atoms with Gasteiger partial charge in [-0.05, 0) is 12.8 Å². The molecule has 0 atom stereocenters. The number of rotatable bonds is 12. The van der Waals surface area contributed by atoms with Crippen LogP contribution >= 0.6 is 11.8 Å². The molecule has 3 heteroatoms. The molecular formula is C14H28O2S. The van der Waals surface area contributed by atoms with Crippen LogP contribution in [-0.2, 0) is 4.79 Å². The van der Waals surface area contributed by atoms with E-state index < -0.39 is 0 Å².